The number of carbonyl (C=O) groups is 2. The van der Waals surface area contributed by atoms with E-state index >= 15 is 0 Å². The number of nitrogens with zero attached hydrogens (tertiary/aromatic N) is 2. The molecule has 1 aliphatic heterocycles. The van der Waals surface area contributed by atoms with E-state index < -0.39 is 0 Å². The van der Waals surface area contributed by atoms with Crippen LogP contribution in [-0.4, -0.2) is 36.6 Å². The number of amides is 1. The van der Waals surface area contributed by atoms with Crippen LogP contribution >= 0.6 is 0 Å². The number of para-hydroxylation sites is 1. The third kappa shape index (κ3) is 4.51. The number of aldehydes is 1. The van der Waals surface area contributed by atoms with Crippen molar-refractivity contribution >= 4 is 17.9 Å². The maximum absolute atomic E-state index is 13.4. The SMILES string of the molecule is COc1ccc(C2CC(c3ccc(F)cc3)=NN2C(=O)COc2ccccc2C=O)cc1. The first-order valence-electron chi connectivity index (χ1n) is 10.1. The standard InChI is InChI=1S/C25H21FN2O4/c1-31-21-12-8-18(9-13-21)23-14-22(17-6-10-20(26)11-7-17)27-28(23)25(30)16-32-24-5-3-2-4-19(24)15-29/h2-13,15,23H,14,16H2,1H3. The smallest absolute Gasteiger partial charge is 0.281 e. The lowest BCUT2D eigenvalue weighted by molar-refractivity contribution is -0.135. The first-order chi connectivity index (χ1) is 15.6. The fourth-order valence-electron chi connectivity index (χ4n) is 3.56. The van der Waals surface area contributed by atoms with Crippen LogP contribution < -0.4 is 9.47 Å². The maximum Gasteiger partial charge on any atom is 0.281 e. The van der Waals surface area contributed by atoms with Gasteiger partial charge in [-0.15, -0.1) is 0 Å². The lowest BCUT2D eigenvalue weighted by Gasteiger charge is -2.22. The van der Waals surface area contributed by atoms with Crippen LogP contribution in [0.5, 0.6) is 11.5 Å². The number of hydrazone groups is 1. The Bertz CT molecular complexity index is 1140. The normalized spacial score (nSPS) is 15.2. The summed E-state index contributed by atoms with van der Waals surface area (Å²) in [6, 6.07) is 19.8. The monoisotopic (exact) mass is 432 g/mol. The van der Waals surface area contributed by atoms with Gasteiger partial charge in [-0.1, -0.05) is 36.4 Å². The third-order valence-corrected chi connectivity index (χ3v) is 5.24. The second-order valence-electron chi connectivity index (χ2n) is 7.23. The molecule has 0 aliphatic carbocycles. The van der Waals surface area contributed by atoms with Crippen LogP contribution in [0.1, 0.15) is 33.9 Å². The lowest BCUT2D eigenvalue weighted by Crippen LogP contribution is -2.31. The van der Waals surface area contributed by atoms with Crippen LogP contribution in [0.2, 0.25) is 0 Å². The number of hydrogen-bond donors (Lipinski definition) is 0. The van der Waals surface area contributed by atoms with Gasteiger partial charge >= 0.3 is 0 Å². The zero-order chi connectivity index (χ0) is 22.5. The van der Waals surface area contributed by atoms with Gasteiger partial charge in [-0.2, -0.15) is 5.10 Å². The molecule has 1 amide bonds. The zero-order valence-corrected chi connectivity index (χ0v) is 17.4. The molecule has 4 rings (SSSR count). The van der Waals surface area contributed by atoms with E-state index in [0.717, 1.165) is 11.1 Å². The maximum atomic E-state index is 13.4. The van der Waals surface area contributed by atoms with E-state index in [4.69, 9.17) is 9.47 Å². The number of hydrogen-bond acceptors (Lipinski definition) is 5. The largest absolute Gasteiger partial charge is 0.497 e. The molecule has 1 unspecified atom stereocenters. The minimum absolute atomic E-state index is 0.280. The first kappa shape index (κ1) is 21.2. The van der Waals surface area contributed by atoms with Gasteiger partial charge in [0.2, 0.25) is 0 Å². The molecule has 1 aliphatic rings. The van der Waals surface area contributed by atoms with Gasteiger partial charge in [0.05, 0.1) is 24.4 Å². The molecule has 0 aromatic heterocycles. The average Bonchev–Trinajstić information content (AvgIpc) is 3.29. The molecule has 0 saturated carbocycles. The van der Waals surface area contributed by atoms with Gasteiger partial charge in [-0.3, -0.25) is 9.59 Å². The Labute approximate surface area is 184 Å². The van der Waals surface area contributed by atoms with Crippen LogP contribution in [0, 0.1) is 5.82 Å². The van der Waals surface area contributed by atoms with E-state index in [0.29, 0.717) is 35.5 Å². The Morgan fingerprint density at radius 1 is 1.09 bits per heavy atom. The van der Waals surface area contributed by atoms with E-state index in [2.05, 4.69) is 5.10 Å². The van der Waals surface area contributed by atoms with Crippen molar-refractivity contribution in [3.05, 3.63) is 95.3 Å². The highest BCUT2D eigenvalue weighted by Gasteiger charge is 2.33. The Hall–Kier alpha value is -4.00. The van der Waals surface area contributed by atoms with Gasteiger partial charge < -0.3 is 9.47 Å². The highest BCUT2D eigenvalue weighted by atomic mass is 19.1. The Morgan fingerprint density at radius 2 is 1.81 bits per heavy atom. The van der Waals surface area contributed by atoms with Crippen molar-refractivity contribution in [1.82, 2.24) is 5.01 Å². The summed E-state index contributed by atoms with van der Waals surface area (Å²) in [6.45, 7) is -0.280. The van der Waals surface area contributed by atoms with Gasteiger partial charge in [0.1, 0.15) is 17.3 Å². The topological polar surface area (TPSA) is 68.2 Å². The Balaban J connectivity index is 1.59. The summed E-state index contributed by atoms with van der Waals surface area (Å²) in [7, 11) is 1.59. The second-order valence-corrected chi connectivity index (χ2v) is 7.23. The number of benzene rings is 3. The van der Waals surface area contributed by atoms with E-state index in [1.54, 1.807) is 43.5 Å². The lowest BCUT2D eigenvalue weighted by atomic mass is 9.98. The summed E-state index contributed by atoms with van der Waals surface area (Å²) in [5, 5.41) is 5.93. The first-order valence-corrected chi connectivity index (χ1v) is 10.1. The molecule has 0 spiro atoms. The van der Waals surface area contributed by atoms with Crippen LogP contribution in [0.4, 0.5) is 4.39 Å². The van der Waals surface area contributed by atoms with Crippen molar-refractivity contribution in [2.24, 2.45) is 5.10 Å². The number of methoxy groups -OCH3 is 1. The van der Waals surface area contributed by atoms with Gasteiger partial charge in [-0.25, -0.2) is 9.40 Å². The summed E-state index contributed by atoms with van der Waals surface area (Å²) in [4.78, 5) is 24.3. The van der Waals surface area contributed by atoms with E-state index in [1.807, 2.05) is 24.3 Å². The Kier molecular flexibility index (Phi) is 6.26. The minimum Gasteiger partial charge on any atom is -0.497 e. The Morgan fingerprint density at radius 3 is 2.50 bits per heavy atom. The molecule has 162 valence electrons. The van der Waals surface area contributed by atoms with Gasteiger partial charge in [0.25, 0.3) is 5.91 Å². The summed E-state index contributed by atoms with van der Waals surface area (Å²) < 4.78 is 24.2. The number of halogens is 1. The molecule has 1 atom stereocenters. The van der Waals surface area contributed by atoms with E-state index in [1.165, 1.54) is 17.1 Å². The molecular formula is C25H21FN2O4. The average molecular weight is 432 g/mol. The van der Waals surface area contributed by atoms with E-state index in [9.17, 15) is 14.0 Å². The van der Waals surface area contributed by atoms with Gasteiger partial charge in [0, 0.05) is 6.42 Å². The van der Waals surface area contributed by atoms with E-state index in [-0.39, 0.29) is 24.4 Å². The highest BCUT2D eigenvalue weighted by molar-refractivity contribution is 6.03. The molecule has 0 N–H and O–H groups in total. The molecule has 3 aromatic rings. The molecule has 0 bridgehead atoms. The molecule has 6 nitrogen and oxygen atoms in total. The summed E-state index contributed by atoms with van der Waals surface area (Å²) in [5.41, 5.74) is 2.66. The second kappa shape index (κ2) is 9.43. The molecular weight excluding hydrogens is 411 g/mol. The molecule has 0 radical (unpaired) electrons. The van der Waals surface area contributed by atoms with Crippen LogP contribution in [-0.2, 0) is 4.79 Å². The third-order valence-electron chi connectivity index (χ3n) is 5.24. The molecule has 3 aromatic carbocycles. The number of rotatable bonds is 7. The van der Waals surface area contributed by atoms with Crippen molar-refractivity contribution < 1.29 is 23.5 Å². The minimum atomic E-state index is -0.358. The predicted molar refractivity (Wildman–Crippen MR) is 117 cm³/mol. The van der Waals surface area contributed by atoms with Crippen LogP contribution in [0.3, 0.4) is 0 Å². The molecule has 1 heterocycles. The van der Waals surface area contributed by atoms with Crippen molar-refractivity contribution in [1.29, 1.82) is 0 Å². The molecule has 0 fully saturated rings. The van der Waals surface area contributed by atoms with Gasteiger partial charge in [0.15, 0.2) is 12.9 Å². The molecule has 7 heteroatoms. The number of ether oxygens (including phenoxy) is 2. The fraction of sp³-hybridized carbons (Fsp3) is 0.160. The van der Waals surface area contributed by atoms with Crippen molar-refractivity contribution in [3.63, 3.8) is 0 Å². The molecule has 0 saturated heterocycles. The van der Waals surface area contributed by atoms with Crippen molar-refractivity contribution in [3.8, 4) is 11.5 Å². The summed E-state index contributed by atoms with van der Waals surface area (Å²) >= 11 is 0. The number of carbonyl (C=O) groups excluding carboxylic acids is 2. The summed E-state index contributed by atoms with van der Waals surface area (Å²) in [6.07, 6.45) is 1.15. The van der Waals surface area contributed by atoms with Crippen molar-refractivity contribution in [2.75, 3.05) is 13.7 Å². The van der Waals surface area contributed by atoms with Crippen molar-refractivity contribution in [2.45, 2.75) is 12.5 Å². The quantitative estimate of drug-likeness (QED) is 0.519. The summed E-state index contributed by atoms with van der Waals surface area (Å²) in [5.74, 6) is 0.342. The van der Waals surface area contributed by atoms with Crippen LogP contribution in [0.25, 0.3) is 0 Å². The highest BCUT2D eigenvalue weighted by Crippen LogP contribution is 2.34. The van der Waals surface area contributed by atoms with Crippen LogP contribution in [0.15, 0.2) is 77.9 Å². The predicted octanol–water partition coefficient (Wildman–Crippen LogP) is 4.40. The zero-order valence-electron chi connectivity index (χ0n) is 17.4. The fourth-order valence-corrected chi connectivity index (χ4v) is 3.56. The van der Waals surface area contributed by atoms with Gasteiger partial charge in [-0.05, 0) is 47.5 Å². The molecule has 32 heavy (non-hydrogen) atoms.